The van der Waals surface area contributed by atoms with Gasteiger partial charge in [-0.05, 0) is 12.5 Å². The normalized spacial score (nSPS) is 11.8. The number of ether oxygens (including phenoxy) is 1. The zero-order valence-electron chi connectivity index (χ0n) is 20.8. The summed E-state index contributed by atoms with van der Waals surface area (Å²) < 4.78 is 9.47. The number of hydrogen-bond donors (Lipinski definition) is 0. The zero-order chi connectivity index (χ0) is 24.7. The van der Waals surface area contributed by atoms with Crippen molar-refractivity contribution in [3.63, 3.8) is 0 Å². The molecule has 4 aromatic heterocycles. The van der Waals surface area contributed by atoms with Gasteiger partial charge in [-0.25, -0.2) is 29.6 Å². The Balaban J connectivity index is 1.51. The van der Waals surface area contributed by atoms with Crippen molar-refractivity contribution in [2.75, 3.05) is 7.11 Å². The van der Waals surface area contributed by atoms with Crippen molar-refractivity contribution in [1.29, 1.82) is 0 Å². The van der Waals surface area contributed by atoms with Gasteiger partial charge in [-0.2, -0.15) is 5.10 Å². The molecule has 0 saturated heterocycles. The summed E-state index contributed by atoms with van der Waals surface area (Å²) in [6.07, 6.45) is 7.11. The van der Waals surface area contributed by atoms with Gasteiger partial charge in [0.25, 0.3) is 0 Å². The third-order valence-corrected chi connectivity index (χ3v) is 5.86. The molecule has 0 aliphatic heterocycles. The number of rotatable bonds is 5. The van der Waals surface area contributed by atoms with Gasteiger partial charge < -0.3 is 9.30 Å². The Labute approximate surface area is 203 Å². The SMILES string of the molecule is COc1ncnc(C(C)(C)C)c1-c1ncc2cnn(Cc3ccc(-c4nc(C)cn4C)cc3)c2n1. The first-order chi connectivity index (χ1) is 16.7. The molecule has 0 saturated carbocycles. The van der Waals surface area contributed by atoms with E-state index < -0.39 is 0 Å². The molecule has 0 spiro atoms. The Morgan fingerprint density at radius 2 is 1.74 bits per heavy atom. The standard InChI is InChI=1S/C26H28N8O/c1-16-13-33(5)23(31-16)18-9-7-17(8-10-18)14-34-24-19(12-30-34)11-27-22(32-24)20-21(26(2,3)4)28-15-29-25(20)35-6/h7-13,15H,14H2,1-6H3. The van der Waals surface area contributed by atoms with Crippen LogP contribution in [-0.4, -0.2) is 46.4 Å². The molecule has 35 heavy (non-hydrogen) atoms. The summed E-state index contributed by atoms with van der Waals surface area (Å²) in [6, 6.07) is 8.37. The largest absolute Gasteiger partial charge is 0.480 e. The number of methoxy groups -OCH3 is 1. The van der Waals surface area contributed by atoms with Gasteiger partial charge >= 0.3 is 0 Å². The first kappa shape index (κ1) is 22.6. The van der Waals surface area contributed by atoms with Crippen molar-refractivity contribution in [3.05, 3.63) is 66.1 Å². The number of imidazole rings is 1. The van der Waals surface area contributed by atoms with Gasteiger partial charge in [0.1, 0.15) is 17.7 Å². The van der Waals surface area contributed by atoms with E-state index in [4.69, 9.17) is 9.72 Å². The highest BCUT2D eigenvalue weighted by atomic mass is 16.5. The third-order valence-electron chi connectivity index (χ3n) is 5.86. The number of fused-ring (bicyclic) bond motifs is 1. The van der Waals surface area contributed by atoms with Gasteiger partial charge in [0, 0.05) is 30.4 Å². The number of nitrogens with zero attached hydrogens (tertiary/aromatic N) is 8. The highest BCUT2D eigenvalue weighted by Crippen LogP contribution is 2.35. The summed E-state index contributed by atoms with van der Waals surface area (Å²) in [5.74, 6) is 1.92. The number of aromatic nitrogens is 8. The Kier molecular flexibility index (Phi) is 5.55. The van der Waals surface area contributed by atoms with Crippen LogP contribution in [-0.2, 0) is 19.0 Å². The smallest absolute Gasteiger partial charge is 0.227 e. The van der Waals surface area contributed by atoms with Crippen LogP contribution in [0, 0.1) is 6.92 Å². The molecule has 0 aliphatic rings. The molecule has 9 nitrogen and oxygen atoms in total. The van der Waals surface area contributed by atoms with E-state index >= 15 is 0 Å². The summed E-state index contributed by atoms with van der Waals surface area (Å²) in [5, 5.41) is 5.44. The summed E-state index contributed by atoms with van der Waals surface area (Å²) in [5.41, 5.74) is 5.22. The quantitative estimate of drug-likeness (QED) is 0.378. The Morgan fingerprint density at radius 3 is 2.40 bits per heavy atom. The zero-order valence-corrected chi connectivity index (χ0v) is 20.8. The van der Waals surface area contributed by atoms with E-state index in [-0.39, 0.29) is 5.41 Å². The van der Waals surface area contributed by atoms with Crippen LogP contribution in [0.5, 0.6) is 5.88 Å². The predicted molar refractivity (Wildman–Crippen MR) is 134 cm³/mol. The van der Waals surface area contributed by atoms with Crippen LogP contribution in [0.2, 0.25) is 0 Å². The fraction of sp³-hybridized carbons (Fsp3) is 0.308. The van der Waals surface area contributed by atoms with E-state index in [1.165, 1.54) is 6.33 Å². The van der Waals surface area contributed by atoms with Crippen molar-refractivity contribution in [1.82, 2.24) is 39.3 Å². The molecule has 1 aromatic carbocycles. The van der Waals surface area contributed by atoms with Crippen LogP contribution in [0.1, 0.15) is 37.7 Å². The summed E-state index contributed by atoms with van der Waals surface area (Å²) >= 11 is 0. The van der Waals surface area contributed by atoms with Crippen molar-refractivity contribution in [2.24, 2.45) is 7.05 Å². The first-order valence-corrected chi connectivity index (χ1v) is 11.4. The fourth-order valence-corrected chi connectivity index (χ4v) is 4.21. The van der Waals surface area contributed by atoms with Crippen LogP contribution in [0.25, 0.3) is 33.8 Å². The Morgan fingerprint density at radius 1 is 0.971 bits per heavy atom. The summed E-state index contributed by atoms with van der Waals surface area (Å²) in [7, 11) is 3.60. The predicted octanol–water partition coefficient (Wildman–Crippen LogP) is 4.35. The highest BCUT2D eigenvalue weighted by Gasteiger charge is 2.26. The topological polar surface area (TPSA) is 96.4 Å². The Hall–Kier alpha value is -4.14. The maximum absolute atomic E-state index is 5.55. The molecule has 5 aromatic rings. The molecule has 0 fully saturated rings. The van der Waals surface area contributed by atoms with Gasteiger partial charge in [-0.3, -0.25) is 0 Å². The van der Waals surface area contributed by atoms with Crippen molar-refractivity contribution in [2.45, 2.75) is 39.7 Å². The van der Waals surface area contributed by atoms with Crippen molar-refractivity contribution < 1.29 is 4.74 Å². The van der Waals surface area contributed by atoms with Crippen LogP contribution in [0.4, 0.5) is 0 Å². The average molecular weight is 469 g/mol. The van der Waals surface area contributed by atoms with Crippen molar-refractivity contribution in [3.8, 4) is 28.7 Å². The van der Waals surface area contributed by atoms with Gasteiger partial charge in [-0.15, -0.1) is 0 Å². The molecule has 0 bridgehead atoms. The van der Waals surface area contributed by atoms with Gasteiger partial charge in [-0.1, -0.05) is 45.0 Å². The molecular formula is C26H28N8O. The lowest BCUT2D eigenvalue weighted by atomic mass is 9.88. The number of benzene rings is 1. The third kappa shape index (κ3) is 4.25. The maximum Gasteiger partial charge on any atom is 0.227 e. The first-order valence-electron chi connectivity index (χ1n) is 11.4. The van der Waals surface area contributed by atoms with Crippen LogP contribution in [0.15, 0.2) is 49.2 Å². The minimum atomic E-state index is -0.238. The fourth-order valence-electron chi connectivity index (χ4n) is 4.21. The second-order valence-corrected chi connectivity index (χ2v) is 9.65. The molecule has 0 atom stereocenters. The summed E-state index contributed by atoms with van der Waals surface area (Å²) in [4.78, 5) is 22.9. The molecule has 5 rings (SSSR count). The minimum Gasteiger partial charge on any atom is -0.480 e. The van der Waals surface area contributed by atoms with E-state index in [2.05, 4.69) is 70.1 Å². The Bertz CT molecular complexity index is 1510. The van der Waals surface area contributed by atoms with E-state index in [0.29, 0.717) is 23.8 Å². The molecule has 178 valence electrons. The number of aryl methyl sites for hydroxylation is 2. The molecule has 0 N–H and O–H groups in total. The van der Waals surface area contributed by atoms with Gasteiger partial charge in [0.15, 0.2) is 11.5 Å². The summed E-state index contributed by atoms with van der Waals surface area (Å²) in [6.45, 7) is 8.86. The molecule has 0 radical (unpaired) electrons. The van der Waals surface area contributed by atoms with E-state index in [1.54, 1.807) is 19.5 Å². The van der Waals surface area contributed by atoms with Crippen LogP contribution in [0.3, 0.4) is 0 Å². The monoisotopic (exact) mass is 468 g/mol. The molecule has 9 heteroatoms. The highest BCUT2D eigenvalue weighted by molar-refractivity contribution is 5.77. The second kappa shape index (κ2) is 8.57. The molecule has 0 aliphatic carbocycles. The van der Waals surface area contributed by atoms with E-state index in [9.17, 15) is 0 Å². The average Bonchev–Trinajstić information content (AvgIpc) is 3.39. The maximum atomic E-state index is 5.55. The van der Waals surface area contributed by atoms with E-state index in [1.807, 2.05) is 29.4 Å². The minimum absolute atomic E-state index is 0.238. The van der Waals surface area contributed by atoms with Crippen LogP contribution < -0.4 is 4.74 Å². The van der Waals surface area contributed by atoms with Crippen molar-refractivity contribution >= 4 is 11.0 Å². The molecule has 4 heterocycles. The molecule has 0 unspecified atom stereocenters. The van der Waals surface area contributed by atoms with Crippen LogP contribution >= 0.6 is 0 Å². The van der Waals surface area contributed by atoms with Gasteiger partial charge in [0.05, 0.1) is 36.6 Å². The number of hydrogen-bond acceptors (Lipinski definition) is 7. The van der Waals surface area contributed by atoms with E-state index in [0.717, 1.165) is 39.4 Å². The molecule has 0 amide bonds. The lowest BCUT2D eigenvalue weighted by Crippen LogP contribution is -2.17. The lowest BCUT2D eigenvalue weighted by molar-refractivity contribution is 0.395. The molecular weight excluding hydrogens is 440 g/mol. The van der Waals surface area contributed by atoms with Gasteiger partial charge in [0.2, 0.25) is 5.88 Å². The lowest BCUT2D eigenvalue weighted by Gasteiger charge is -2.21. The second-order valence-electron chi connectivity index (χ2n) is 9.65.